The number of thioether (sulfide) groups is 1. The molecule has 1 amide bonds. The van der Waals surface area contributed by atoms with Crippen LogP contribution in [0.15, 0.2) is 24.3 Å². The SMILES string of the molecule is CCOC(=O)C(N)CCSCC(=O)Nc1ccccc1I. The van der Waals surface area contributed by atoms with Crippen molar-refractivity contribution in [2.45, 2.75) is 19.4 Å². The summed E-state index contributed by atoms with van der Waals surface area (Å²) < 4.78 is 5.82. The number of nitrogens with one attached hydrogen (secondary N) is 1. The van der Waals surface area contributed by atoms with Gasteiger partial charge in [0, 0.05) is 3.57 Å². The summed E-state index contributed by atoms with van der Waals surface area (Å²) in [6, 6.07) is 6.98. The van der Waals surface area contributed by atoms with Crippen LogP contribution in [0.1, 0.15) is 13.3 Å². The Bertz CT molecular complexity index is 485. The number of esters is 1. The lowest BCUT2D eigenvalue weighted by molar-refractivity contribution is -0.144. The molecule has 1 atom stereocenters. The second kappa shape index (κ2) is 10.0. The van der Waals surface area contributed by atoms with Crippen molar-refractivity contribution < 1.29 is 14.3 Å². The van der Waals surface area contributed by atoms with Crippen LogP contribution >= 0.6 is 34.4 Å². The Morgan fingerprint density at radius 2 is 2.14 bits per heavy atom. The van der Waals surface area contributed by atoms with Crippen molar-refractivity contribution in [2.75, 3.05) is 23.4 Å². The first-order valence-electron chi connectivity index (χ1n) is 6.59. The molecule has 21 heavy (non-hydrogen) atoms. The number of carbonyl (C=O) groups is 2. The predicted octanol–water partition coefficient (Wildman–Crippen LogP) is 2.24. The Kier molecular flexibility index (Phi) is 8.70. The lowest BCUT2D eigenvalue weighted by Crippen LogP contribution is -2.32. The van der Waals surface area contributed by atoms with Gasteiger partial charge in [0.1, 0.15) is 6.04 Å². The highest BCUT2D eigenvalue weighted by Gasteiger charge is 2.14. The maximum atomic E-state index is 11.8. The Balaban J connectivity index is 2.22. The highest BCUT2D eigenvalue weighted by atomic mass is 127. The molecular weight excluding hydrogens is 403 g/mol. The van der Waals surface area contributed by atoms with E-state index in [1.165, 1.54) is 11.8 Å². The molecule has 0 aliphatic carbocycles. The normalized spacial score (nSPS) is 11.8. The van der Waals surface area contributed by atoms with Crippen LogP contribution < -0.4 is 11.1 Å². The molecule has 1 unspecified atom stereocenters. The molecule has 0 heterocycles. The lowest BCUT2D eigenvalue weighted by atomic mass is 10.2. The molecule has 0 aliphatic rings. The third-order valence-corrected chi connectivity index (χ3v) is 4.48. The third-order valence-electron chi connectivity index (χ3n) is 2.54. The van der Waals surface area contributed by atoms with Gasteiger partial charge in [0.15, 0.2) is 0 Å². The molecule has 3 N–H and O–H groups in total. The van der Waals surface area contributed by atoms with Crippen LogP contribution in [-0.2, 0) is 14.3 Å². The van der Waals surface area contributed by atoms with E-state index in [1.807, 2.05) is 24.3 Å². The standard InChI is InChI=1S/C14H19IN2O3S/c1-2-20-14(19)11(16)7-8-21-9-13(18)17-12-6-4-3-5-10(12)15/h3-6,11H,2,7-9,16H2,1H3,(H,17,18). The second-order valence-corrected chi connectivity index (χ2v) is 6.50. The Labute approximate surface area is 142 Å². The molecule has 0 fully saturated rings. The largest absolute Gasteiger partial charge is 0.465 e. The molecular formula is C14H19IN2O3S. The molecule has 0 saturated heterocycles. The van der Waals surface area contributed by atoms with Gasteiger partial charge >= 0.3 is 5.97 Å². The van der Waals surface area contributed by atoms with Gasteiger partial charge in [-0.2, -0.15) is 11.8 Å². The number of halogens is 1. The van der Waals surface area contributed by atoms with E-state index < -0.39 is 6.04 Å². The van der Waals surface area contributed by atoms with Crippen LogP contribution in [0.3, 0.4) is 0 Å². The summed E-state index contributed by atoms with van der Waals surface area (Å²) in [6.45, 7) is 2.08. The van der Waals surface area contributed by atoms with E-state index in [0.717, 1.165) is 9.26 Å². The number of para-hydroxylation sites is 1. The Hall–Kier alpha value is -0.800. The first kappa shape index (κ1) is 18.2. The van der Waals surface area contributed by atoms with Gasteiger partial charge in [0.05, 0.1) is 18.0 Å². The van der Waals surface area contributed by atoms with Crippen molar-refractivity contribution in [1.29, 1.82) is 0 Å². The number of carbonyl (C=O) groups excluding carboxylic acids is 2. The van der Waals surface area contributed by atoms with Gasteiger partial charge in [-0.1, -0.05) is 12.1 Å². The minimum atomic E-state index is -0.615. The smallest absolute Gasteiger partial charge is 0.322 e. The first-order valence-corrected chi connectivity index (χ1v) is 8.82. The minimum absolute atomic E-state index is 0.0613. The van der Waals surface area contributed by atoms with E-state index in [-0.39, 0.29) is 11.9 Å². The van der Waals surface area contributed by atoms with Crippen molar-refractivity contribution >= 4 is 51.9 Å². The molecule has 7 heteroatoms. The number of nitrogens with two attached hydrogens (primary N) is 1. The maximum absolute atomic E-state index is 11.8. The zero-order valence-electron chi connectivity index (χ0n) is 11.8. The summed E-state index contributed by atoms with van der Waals surface area (Å²) >= 11 is 3.62. The van der Waals surface area contributed by atoms with Crippen LogP contribution in [-0.4, -0.2) is 36.0 Å². The van der Waals surface area contributed by atoms with Gasteiger partial charge in [-0.05, 0) is 53.8 Å². The van der Waals surface area contributed by atoms with Crippen molar-refractivity contribution in [3.8, 4) is 0 Å². The van der Waals surface area contributed by atoms with Crippen LogP contribution in [0.2, 0.25) is 0 Å². The van der Waals surface area contributed by atoms with Crippen LogP contribution in [0, 0.1) is 3.57 Å². The zero-order valence-corrected chi connectivity index (χ0v) is 14.8. The van der Waals surface area contributed by atoms with Crippen LogP contribution in [0.4, 0.5) is 5.69 Å². The summed E-state index contributed by atoms with van der Waals surface area (Å²) in [5.74, 6) is 0.523. The number of benzene rings is 1. The number of ether oxygens (including phenoxy) is 1. The second-order valence-electron chi connectivity index (χ2n) is 4.23. The molecule has 0 aromatic heterocycles. The fourth-order valence-corrected chi connectivity index (χ4v) is 2.84. The van der Waals surface area contributed by atoms with Crippen molar-refractivity contribution in [2.24, 2.45) is 5.73 Å². The van der Waals surface area contributed by atoms with E-state index in [4.69, 9.17) is 10.5 Å². The third kappa shape index (κ3) is 7.14. The number of amides is 1. The molecule has 116 valence electrons. The van der Waals surface area contributed by atoms with Gasteiger partial charge in [-0.3, -0.25) is 9.59 Å². The van der Waals surface area contributed by atoms with Crippen molar-refractivity contribution in [1.82, 2.24) is 0 Å². The number of anilines is 1. The molecule has 0 saturated carbocycles. The summed E-state index contributed by atoms with van der Waals surface area (Å²) in [7, 11) is 0. The van der Waals surface area contributed by atoms with E-state index >= 15 is 0 Å². The lowest BCUT2D eigenvalue weighted by Gasteiger charge is -2.10. The average Bonchev–Trinajstić information content (AvgIpc) is 2.46. The summed E-state index contributed by atoms with van der Waals surface area (Å²) in [5, 5.41) is 2.85. The van der Waals surface area contributed by atoms with Crippen LogP contribution in [0.25, 0.3) is 0 Å². The monoisotopic (exact) mass is 422 g/mol. The fourth-order valence-electron chi connectivity index (χ4n) is 1.49. The molecule has 1 aromatic carbocycles. The van der Waals surface area contributed by atoms with Gasteiger partial charge in [0.25, 0.3) is 0 Å². The zero-order chi connectivity index (χ0) is 15.7. The van der Waals surface area contributed by atoms with E-state index in [9.17, 15) is 9.59 Å². The Morgan fingerprint density at radius 1 is 1.43 bits per heavy atom. The molecule has 0 spiro atoms. The maximum Gasteiger partial charge on any atom is 0.322 e. The number of hydrogen-bond donors (Lipinski definition) is 2. The highest BCUT2D eigenvalue weighted by molar-refractivity contribution is 14.1. The summed E-state index contributed by atoms with van der Waals surface area (Å²) in [6.07, 6.45) is 0.500. The molecule has 1 aromatic rings. The van der Waals surface area contributed by atoms with E-state index in [1.54, 1.807) is 6.92 Å². The van der Waals surface area contributed by atoms with Gasteiger partial charge < -0.3 is 15.8 Å². The van der Waals surface area contributed by atoms with Gasteiger partial charge in [-0.15, -0.1) is 0 Å². The molecule has 0 radical (unpaired) electrons. The molecule has 5 nitrogen and oxygen atoms in total. The highest BCUT2D eigenvalue weighted by Crippen LogP contribution is 2.17. The van der Waals surface area contributed by atoms with Gasteiger partial charge in [0.2, 0.25) is 5.91 Å². The number of hydrogen-bond acceptors (Lipinski definition) is 5. The summed E-state index contributed by atoms with van der Waals surface area (Å²) in [5.41, 5.74) is 6.49. The van der Waals surface area contributed by atoms with Crippen molar-refractivity contribution in [3.63, 3.8) is 0 Å². The molecule has 0 bridgehead atoms. The Morgan fingerprint density at radius 3 is 2.81 bits per heavy atom. The molecule has 0 aliphatic heterocycles. The first-order chi connectivity index (χ1) is 10.0. The van der Waals surface area contributed by atoms with Crippen molar-refractivity contribution in [3.05, 3.63) is 27.8 Å². The summed E-state index contributed by atoms with van der Waals surface area (Å²) in [4.78, 5) is 23.1. The topological polar surface area (TPSA) is 81.4 Å². The van der Waals surface area contributed by atoms with E-state index in [0.29, 0.717) is 24.5 Å². The predicted molar refractivity (Wildman–Crippen MR) is 94.3 cm³/mol. The fraction of sp³-hybridized carbons (Fsp3) is 0.429. The van der Waals surface area contributed by atoms with Gasteiger partial charge in [-0.25, -0.2) is 0 Å². The molecule has 1 rings (SSSR count). The number of rotatable bonds is 8. The van der Waals surface area contributed by atoms with Crippen LogP contribution in [0.5, 0.6) is 0 Å². The van der Waals surface area contributed by atoms with E-state index in [2.05, 4.69) is 27.9 Å². The quantitative estimate of drug-likeness (QED) is 0.382. The minimum Gasteiger partial charge on any atom is -0.465 e. The average molecular weight is 422 g/mol.